The monoisotopic (exact) mass is 226 g/mol. The van der Waals surface area contributed by atoms with Crippen molar-refractivity contribution in [3.05, 3.63) is 11.0 Å². The van der Waals surface area contributed by atoms with Crippen LogP contribution in [0.4, 0.5) is 0 Å². The van der Waals surface area contributed by atoms with Crippen molar-refractivity contribution >= 4 is 11.8 Å². The van der Waals surface area contributed by atoms with Crippen LogP contribution in [0.25, 0.3) is 0 Å². The lowest BCUT2D eigenvalue weighted by molar-refractivity contribution is 0.583. The van der Waals surface area contributed by atoms with E-state index in [2.05, 4.69) is 31.7 Å². The predicted octanol–water partition coefficient (Wildman–Crippen LogP) is 5.54. The first-order valence-corrected chi connectivity index (χ1v) is 7.60. The highest BCUT2D eigenvalue weighted by Crippen LogP contribution is 2.36. The number of thioether (sulfide) groups is 1. The van der Waals surface area contributed by atoms with Crippen LogP contribution in [-0.2, 0) is 0 Å². The van der Waals surface area contributed by atoms with Crippen molar-refractivity contribution in [3.8, 4) is 0 Å². The third-order valence-electron chi connectivity index (χ3n) is 3.15. The van der Waals surface area contributed by atoms with Crippen LogP contribution in [0.1, 0.15) is 71.6 Å². The van der Waals surface area contributed by atoms with E-state index < -0.39 is 0 Å². The molecule has 15 heavy (non-hydrogen) atoms. The summed E-state index contributed by atoms with van der Waals surface area (Å²) in [4.78, 5) is 1.63. The quantitative estimate of drug-likeness (QED) is 0.490. The summed E-state index contributed by atoms with van der Waals surface area (Å²) in [6, 6.07) is 0. The minimum Gasteiger partial charge on any atom is -0.127 e. The number of rotatable bonds is 8. The second-order valence-corrected chi connectivity index (χ2v) is 5.98. The molecule has 0 aromatic rings. The molecule has 0 saturated carbocycles. The van der Waals surface area contributed by atoms with Gasteiger partial charge in [0.25, 0.3) is 0 Å². The molecule has 0 radical (unpaired) electrons. The molecule has 0 nitrogen and oxygen atoms in total. The second kappa shape index (κ2) is 8.27. The van der Waals surface area contributed by atoms with Gasteiger partial charge in [-0.05, 0) is 24.2 Å². The first-order chi connectivity index (χ1) is 7.36. The van der Waals surface area contributed by atoms with E-state index in [0.717, 1.165) is 5.25 Å². The lowest BCUT2D eigenvalue weighted by atomic mass is 10.1. The molecule has 0 aromatic heterocycles. The van der Waals surface area contributed by atoms with Crippen molar-refractivity contribution in [2.75, 3.05) is 0 Å². The molecule has 1 rings (SSSR count). The van der Waals surface area contributed by atoms with Gasteiger partial charge in [0.05, 0.1) is 0 Å². The zero-order valence-corrected chi connectivity index (χ0v) is 11.2. The maximum absolute atomic E-state index is 2.45. The van der Waals surface area contributed by atoms with E-state index in [4.69, 9.17) is 0 Å². The minimum absolute atomic E-state index is 0.922. The Morgan fingerprint density at radius 1 is 1.13 bits per heavy atom. The van der Waals surface area contributed by atoms with Crippen LogP contribution in [-0.4, -0.2) is 5.25 Å². The summed E-state index contributed by atoms with van der Waals surface area (Å²) < 4.78 is 0. The molecule has 0 amide bonds. The molecule has 0 aromatic carbocycles. The van der Waals surface area contributed by atoms with Crippen molar-refractivity contribution in [1.29, 1.82) is 0 Å². The highest BCUT2D eigenvalue weighted by Gasteiger charge is 2.15. The van der Waals surface area contributed by atoms with Gasteiger partial charge in [-0.3, -0.25) is 0 Å². The molecule has 0 fully saturated rings. The zero-order valence-electron chi connectivity index (χ0n) is 10.4. The van der Waals surface area contributed by atoms with Gasteiger partial charge in [-0.2, -0.15) is 0 Å². The number of allylic oxidation sites excluding steroid dienone is 2. The summed E-state index contributed by atoms with van der Waals surface area (Å²) >= 11 is 2.14. The SMILES string of the molecule is CCCCCCCCC1CC=C(CC)S1. The fourth-order valence-corrected chi connectivity index (χ4v) is 3.39. The highest BCUT2D eigenvalue weighted by atomic mass is 32.2. The highest BCUT2D eigenvalue weighted by molar-refractivity contribution is 8.03. The maximum Gasteiger partial charge on any atom is 0.0126 e. The van der Waals surface area contributed by atoms with Gasteiger partial charge in [-0.1, -0.05) is 58.4 Å². The number of unbranched alkanes of at least 4 members (excludes halogenated alkanes) is 5. The van der Waals surface area contributed by atoms with Gasteiger partial charge in [0.2, 0.25) is 0 Å². The molecule has 0 N–H and O–H groups in total. The van der Waals surface area contributed by atoms with E-state index >= 15 is 0 Å². The van der Waals surface area contributed by atoms with Crippen LogP contribution in [0, 0.1) is 0 Å². The topological polar surface area (TPSA) is 0 Å². The van der Waals surface area contributed by atoms with Crippen LogP contribution in [0.2, 0.25) is 0 Å². The summed E-state index contributed by atoms with van der Waals surface area (Å²) in [5.74, 6) is 0. The Bertz CT molecular complexity index is 184. The maximum atomic E-state index is 2.45. The molecule has 88 valence electrons. The summed E-state index contributed by atoms with van der Waals surface area (Å²) in [5.41, 5.74) is 0. The summed E-state index contributed by atoms with van der Waals surface area (Å²) in [6.45, 7) is 4.55. The van der Waals surface area contributed by atoms with Crippen molar-refractivity contribution in [2.24, 2.45) is 0 Å². The summed E-state index contributed by atoms with van der Waals surface area (Å²) in [7, 11) is 0. The van der Waals surface area contributed by atoms with Gasteiger partial charge >= 0.3 is 0 Å². The Morgan fingerprint density at radius 3 is 2.53 bits per heavy atom. The molecule has 1 atom stereocenters. The fraction of sp³-hybridized carbons (Fsp3) is 0.857. The Kier molecular flexibility index (Phi) is 7.25. The lowest BCUT2D eigenvalue weighted by Gasteiger charge is -2.08. The Hall–Kier alpha value is 0.0900. The molecule has 1 aliphatic heterocycles. The molecule has 1 unspecified atom stereocenters. The number of hydrogen-bond donors (Lipinski definition) is 0. The molecular formula is C14H26S. The Labute approximate surface area is 99.9 Å². The minimum atomic E-state index is 0.922. The van der Waals surface area contributed by atoms with E-state index in [1.807, 2.05) is 0 Å². The standard InChI is InChI=1S/C14H26S/c1-3-5-6-7-8-9-10-14-12-11-13(4-2)15-14/h11,14H,3-10,12H2,1-2H3. The van der Waals surface area contributed by atoms with Gasteiger partial charge < -0.3 is 0 Å². The van der Waals surface area contributed by atoms with E-state index in [1.165, 1.54) is 57.8 Å². The first kappa shape index (κ1) is 13.2. The summed E-state index contributed by atoms with van der Waals surface area (Å²) in [5, 5.41) is 0.922. The van der Waals surface area contributed by atoms with Gasteiger partial charge in [0.1, 0.15) is 0 Å². The van der Waals surface area contributed by atoms with E-state index in [1.54, 1.807) is 4.91 Å². The number of hydrogen-bond acceptors (Lipinski definition) is 1. The van der Waals surface area contributed by atoms with Crippen LogP contribution >= 0.6 is 11.8 Å². The molecule has 0 aliphatic carbocycles. The Balaban J connectivity index is 1.89. The van der Waals surface area contributed by atoms with Crippen molar-refractivity contribution in [2.45, 2.75) is 76.9 Å². The molecule has 0 saturated heterocycles. The predicted molar refractivity (Wildman–Crippen MR) is 72.4 cm³/mol. The average Bonchev–Trinajstić information content (AvgIpc) is 2.71. The van der Waals surface area contributed by atoms with Crippen LogP contribution < -0.4 is 0 Å². The smallest absolute Gasteiger partial charge is 0.0126 e. The van der Waals surface area contributed by atoms with Gasteiger partial charge in [-0.15, -0.1) is 11.8 Å². The third kappa shape index (κ3) is 5.65. The van der Waals surface area contributed by atoms with Gasteiger partial charge in [-0.25, -0.2) is 0 Å². The van der Waals surface area contributed by atoms with E-state index in [-0.39, 0.29) is 0 Å². The molecule has 1 heteroatoms. The fourth-order valence-electron chi connectivity index (χ4n) is 2.13. The van der Waals surface area contributed by atoms with Crippen molar-refractivity contribution < 1.29 is 0 Å². The molecule has 0 bridgehead atoms. The lowest BCUT2D eigenvalue weighted by Crippen LogP contribution is -1.96. The van der Waals surface area contributed by atoms with Crippen LogP contribution in [0.5, 0.6) is 0 Å². The molecule has 0 spiro atoms. The zero-order chi connectivity index (χ0) is 10.9. The van der Waals surface area contributed by atoms with Gasteiger partial charge in [0.15, 0.2) is 0 Å². The Morgan fingerprint density at radius 2 is 1.87 bits per heavy atom. The van der Waals surface area contributed by atoms with E-state index in [0.29, 0.717) is 0 Å². The largest absolute Gasteiger partial charge is 0.127 e. The third-order valence-corrected chi connectivity index (χ3v) is 4.67. The van der Waals surface area contributed by atoms with Gasteiger partial charge in [0, 0.05) is 5.25 Å². The van der Waals surface area contributed by atoms with Crippen LogP contribution in [0.15, 0.2) is 11.0 Å². The normalized spacial score (nSPS) is 20.7. The summed E-state index contributed by atoms with van der Waals surface area (Å²) in [6.07, 6.45) is 15.1. The molecule has 1 aliphatic rings. The molecule has 1 heterocycles. The van der Waals surface area contributed by atoms with E-state index in [9.17, 15) is 0 Å². The van der Waals surface area contributed by atoms with Crippen LogP contribution in [0.3, 0.4) is 0 Å². The van der Waals surface area contributed by atoms with Crippen molar-refractivity contribution in [1.82, 2.24) is 0 Å². The van der Waals surface area contributed by atoms with Crippen molar-refractivity contribution in [3.63, 3.8) is 0 Å². The molecular weight excluding hydrogens is 200 g/mol. The average molecular weight is 226 g/mol. The second-order valence-electron chi connectivity index (χ2n) is 4.56. The first-order valence-electron chi connectivity index (χ1n) is 6.72.